The number of hydrogen-bond donors (Lipinski definition) is 3. The fourth-order valence-electron chi connectivity index (χ4n) is 3.38. The van der Waals surface area contributed by atoms with E-state index in [4.69, 9.17) is 0 Å². The molecule has 0 spiro atoms. The molecule has 11 heteroatoms. The lowest BCUT2D eigenvalue weighted by Gasteiger charge is -2.27. The second-order valence-electron chi connectivity index (χ2n) is 7.80. The van der Waals surface area contributed by atoms with E-state index < -0.39 is 41.7 Å². The van der Waals surface area contributed by atoms with Gasteiger partial charge in [-0.05, 0) is 37.6 Å². The van der Waals surface area contributed by atoms with Crippen molar-refractivity contribution in [2.75, 3.05) is 11.9 Å². The molecule has 1 aromatic carbocycles. The van der Waals surface area contributed by atoms with E-state index in [-0.39, 0.29) is 24.4 Å². The lowest BCUT2D eigenvalue weighted by molar-refractivity contribution is -0.126. The number of aryl methyl sites for hydroxylation is 1. The number of β-amino-alcohol motifs (C(OH)–C–C–N with tert-alkyl or cyclic N) is 1. The van der Waals surface area contributed by atoms with E-state index in [0.717, 1.165) is 11.4 Å². The maximum Gasteiger partial charge on any atom is 0.254 e. The Hall–Kier alpha value is -2.92. The van der Waals surface area contributed by atoms with Gasteiger partial charge in [0, 0.05) is 24.6 Å². The minimum absolute atomic E-state index is 0.00444. The van der Waals surface area contributed by atoms with Crippen molar-refractivity contribution in [2.45, 2.75) is 51.8 Å². The molecule has 172 valence electrons. The molecule has 32 heavy (non-hydrogen) atoms. The molecule has 1 fully saturated rings. The third-order valence-electron chi connectivity index (χ3n) is 5.47. The predicted octanol–water partition coefficient (Wildman–Crippen LogP) is 1.59. The lowest BCUT2D eigenvalue weighted by Crippen LogP contribution is -2.50. The number of hydrogen-bond acceptors (Lipinski definition) is 7. The molecular weight excluding hydrogens is 437 g/mol. The summed E-state index contributed by atoms with van der Waals surface area (Å²) in [4.78, 5) is 39.5. The summed E-state index contributed by atoms with van der Waals surface area (Å²) in [5.41, 5.74) is 0.225. The average molecular weight is 464 g/mol. The van der Waals surface area contributed by atoms with E-state index in [9.17, 15) is 23.9 Å². The molecule has 3 rings (SSSR count). The third-order valence-corrected chi connectivity index (χ3v) is 6.45. The summed E-state index contributed by atoms with van der Waals surface area (Å²) < 4.78 is 13.2. The lowest BCUT2D eigenvalue weighted by atomic mass is 10.0. The van der Waals surface area contributed by atoms with Gasteiger partial charge in [0.15, 0.2) is 0 Å². The molecule has 1 aliphatic heterocycles. The maximum atomic E-state index is 13.2. The number of likely N-dealkylation sites (tertiary alicyclic amines) is 1. The number of aromatic nitrogens is 2. The molecule has 2 aromatic rings. The topological polar surface area (TPSA) is 125 Å². The Morgan fingerprint density at radius 2 is 1.94 bits per heavy atom. The Kier molecular flexibility index (Phi) is 7.52. The van der Waals surface area contributed by atoms with Crippen molar-refractivity contribution in [3.05, 3.63) is 40.7 Å². The van der Waals surface area contributed by atoms with Crippen molar-refractivity contribution in [1.82, 2.24) is 20.4 Å². The Balaban J connectivity index is 1.62. The normalized spacial score (nSPS) is 20.0. The van der Waals surface area contributed by atoms with Gasteiger partial charge in [-0.2, -0.15) is 0 Å². The number of amides is 3. The Morgan fingerprint density at radius 3 is 2.56 bits per heavy atom. The molecule has 4 atom stereocenters. The summed E-state index contributed by atoms with van der Waals surface area (Å²) in [5, 5.41) is 24.6. The van der Waals surface area contributed by atoms with Crippen LogP contribution in [0.15, 0.2) is 24.3 Å². The largest absolute Gasteiger partial charge is 0.391 e. The maximum absolute atomic E-state index is 13.2. The van der Waals surface area contributed by atoms with Gasteiger partial charge >= 0.3 is 0 Å². The summed E-state index contributed by atoms with van der Waals surface area (Å²) in [7, 11) is 0. The number of aliphatic hydroxyl groups excluding tert-OH is 1. The molecule has 1 saturated heterocycles. The molecule has 9 nitrogen and oxygen atoms in total. The number of aliphatic hydroxyl groups is 1. The van der Waals surface area contributed by atoms with E-state index >= 15 is 0 Å². The van der Waals surface area contributed by atoms with Crippen molar-refractivity contribution in [3.63, 3.8) is 0 Å². The first-order valence-electron chi connectivity index (χ1n) is 10.4. The van der Waals surface area contributed by atoms with Crippen LogP contribution in [0.2, 0.25) is 0 Å². The summed E-state index contributed by atoms with van der Waals surface area (Å²) in [6.07, 6.45) is -0.0524. The molecule has 4 unspecified atom stereocenters. The van der Waals surface area contributed by atoms with Crippen molar-refractivity contribution in [2.24, 2.45) is 5.92 Å². The quantitative estimate of drug-likeness (QED) is 0.573. The molecule has 0 saturated carbocycles. The van der Waals surface area contributed by atoms with Crippen LogP contribution in [0.1, 0.15) is 42.6 Å². The summed E-state index contributed by atoms with van der Waals surface area (Å²) in [5.74, 6) is -2.31. The fraction of sp³-hybridized carbons (Fsp3) is 0.476. The van der Waals surface area contributed by atoms with Crippen LogP contribution in [0, 0.1) is 11.7 Å². The highest BCUT2D eigenvalue weighted by molar-refractivity contribution is 7.15. The number of carbonyl (C=O) groups is 3. The number of nitrogens with zero attached hydrogens (tertiary/aromatic N) is 3. The monoisotopic (exact) mass is 463 g/mol. The Labute approximate surface area is 189 Å². The van der Waals surface area contributed by atoms with Gasteiger partial charge in [0.2, 0.25) is 16.9 Å². The van der Waals surface area contributed by atoms with Gasteiger partial charge in [0.05, 0.1) is 12.0 Å². The highest BCUT2D eigenvalue weighted by atomic mass is 32.1. The first-order valence-corrected chi connectivity index (χ1v) is 11.2. The van der Waals surface area contributed by atoms with Crippen LogP contribution in [0.3, 0.4) is 0 Å². The molecule has 0 radical (unpaired) electrons. The van der Waals surface area contributed by atoms with Crippen LogP contribution in [-0.2, 0) is 16.0 Å². The Bertz CT molecular complexity index is 983. The van der Waals surface area contributed by atoms with Crippen molar-refractivity contribution in [1.29, 1.82) is 0 Å². The molecule has 2 heterocycles. The molecule has 3 N–H and O–H groups in total. The number of carbonyl (C=O) groups excluding carboxylic acids is 3. The van der Waals surface area contributed by atoms with Crippen LogP contribution in [0.5, 0.6) is 0 Å². The SMILES string of the molecule is CCc1nnc(NC(=O)C(C)C(C)NC(=O)C2CC(O)CN2C(=O)c2ccc(F)cc2)s1. The van der Waals surface area contributed by atoms with Gasteiger partial charge < -0.3 is 20.6 Å². The van der Waals surface area contributed by atoms with Crippen LogP contribution in [0.4, 0.5) is 9.52 Å². The standard InChI is InChI=1S/C21H26FN5O4S/c1-4-17-25-26-21(32-17)24-18(29)11(2)12(3)23-19(30)16-9-15(28)10-27(16)20(31)13-5-7-14(22)8-6-13/h5-8,11-12,15-16,28H,4,9-10H2,1-3H3,(H,23,30)(H,24,26,29). The zero-order chi connectivity index (χ0) is 23.4. The van der Waals surface area contributed by atoms with Gasteiger partial charge in [-0.3, -0.25) is 14.4 Å². The minimum atomic E-state index is -0.893. The van der Waals surface area contributed by atoms with Gasteiger partial charge in [-0.1, -0.05) is 25.2 Å². The number of anilines is 1. The van der Waals surface area contributed by atoms with E-state index in [2.05, 4.69) is 20.8 Å². The van der Waals surface area contributed by atoms with E-state index in [1.807, 2.05) is 6.92 Å². The van der Waals surface area contributed by atoms with Gasteiger partial charge in [0.1, 0.15) is 16.9 Å². The van der Waals surface area contributed by atoms with Gasteiger partial charge in [-0.15, -0.1) is 10.2 Å². The van der Waals surface area contributed by atoms with Crippen molar-refractivity contribution >= 4 is 34.2 Å². The predicted molar refractivity (Wildman–Crippen MR) is 117 cm³/mol. The summed E-state index contributed by atoms with van der Waals surface area (Å²) in [6, 6.07) is 3.57. The van der Waals surface area contributed by atoms with Crippen LogP contribution in [0.25, 0.3) is 0 Å². The zero-order valence-corrected chi connectivity index (χ0v) is 18.9. The van der Waals surface area contributed by atoms with Gasteiger partial charge in [0.25, 0.3) is 5.91 Å². The van der Waals surface area contributed by atoms with Crippen molar-refractivity contribution in [3.8, 4) is 0 Å². The second kappa shape index (κ2) is 10.1. The molecule has 0 bridgehead atoms. The molecule has 1 aromatic heterocycles. The highest BCUT2D eigenvalue weighted by Crippen LogP contribution is 2.22. The Morgan fingerprint density at radius 1 is 1.25 bits per heavy atom. The van der Waals surface area contributed by atoms with E-state index in [1.54, 1.807) is 13.8 Å². The molecule has 1 aliphatic rings. The zero-order valence-electron chi connectivity index (χ0n) is 18.0. The number of benzene rings is 1. The minimum Gasteiger partial charge on any atom is -0.391 e. The smallest absolute Gasteiger partial charge is 0.254 e. The second-order valence-corrected chi connectivity index (χ2v) is 8.86. The van der Waals surface area contributed by atoms with Gasteiger partial charge in [-0.25, -0.2) is 4.39 Å². The highest BCUT2D eigenvalue weighted by Gasteiger charge is 2.40. The third kappa shape index (κ3) is 5.46. The molecule has 3 amide bonds. The molecule has 0 aliphatic carbocycles. The van der Waals surface area contributed by atoms with E-state index in [1.165, 1.54) is 40.5 Å². The summed E-state index contributed by atoms with van der Waals surface area (Å²) >= 11 is 1.29. The van der Waals surface area contributed by atoms with E-state index in [0.29, 0.717) is 5.13 Å². The molecular formula is C21H26FN5O4S. The number of rotatable bonds is 7. The fourth-order valence-corrected chi connectivity index (χ4v) is 4.07. The first kappa shape index (κ1) is 23.7. The first-order chi connectivity index (χ1) is 15.2. The number of halogens is 1. The van der Waals surface area contributed by atoms with Crippen LogP contribution >= 0.6 is 11.3 Å². The summed E-state index contributed by atoms with van der Waals surface area (Å²) in [6.45, 7) is 5.30. The van der Waals surface area contributed by atoms with Crippen LogP contribution < -0.4 is 10.6 Å². The average Bonchev–Trinajstić information content (AvgIpc) is 3.39. The van der Waals surface area contributed by atoms with Crippen LogP contribution in [-0.4, -0.2) is 62.7 Å². The van der Waals surface area contributed by atoms with Crippen molar-refractivity contribution < 1.29 is 23.9 Å². The number of nitrogens with one attached hydrogen (secondary N) is 2.